The lowest BCUT2D eigenvalue weighted by molar-refractivity contribution is -0.165. The molecule has 2 rings (SSSR count). The van der Waals surface area contributed by atoms with E-state index in [4.69, 9.17) is 16.3 Å². The van der Waals surface area contributed by atoms with Gasteiger partial charge in [-0.25, -0.2) is 0 Å². The van der Waals surface area contributed by atoms with E-state index >= 15 is 0 Å². The van der Waals surface area contributed by atoms with Crippen molar-refractivity contribution in [2.45, 2.75) is 25.2 Å². The Morgan fingerprint density at radius 1 is 1.12 bits per heavy atom. The van der Waals surface area contributed by atoms with Crippen molar-refractivity contribution >= 4 is 34.9 Å². The fourth-order valence-corrected chi connectivity index (χ4v) is 2.95. The van der Waals surface area contributed by atoms with E-state index in [-0.39, 0.29) is 36.6 Å². The molecule has 1 aliphatic rings. The molecule has 1 saturated heterocycles. The zero-order valence-corrected chi connectivity index (χ0v) is 17.0. The molecule has 0 saturated carbocycles. The van der Waals surface area contributed by atoms with Crippen LogP contribution in [0.5, 0.6) is 0 Å². The minimum atomic E-state index is -4.96. The first-order valence-corrected chi connectivity index (χ1v) is 9.52. The summed E-state index contributed by atoms with van der Waals surface area (Å²) in [6, 6.07) is 2.37. The van der Waals surface area contributed by atoms with Crippen LogP contribution in [0.25, 0.3) is 0 Å². The van der Waals surface area contributed by atoms with Gasteiger partial charge < -0.3 is 15.0 Å². The number of carbonyl (C=O) groups is 3. The largest absolute Gasteiger partial charge is 0.455 e. The highest BCUT2D eigenvalue weighted by atomic mass is 35.5. The predicted molar refractivity (Wildman–Crippen MR) is 101 cm³/mol. The van der Waals surface area contributed by atoms with Crippen molar-refractivity contribution in [3.63, 3.8) is 0 Å². The Kier molecular flexibility index (Phi) is 8.16. The summed E-state index contributed by atoms with van der Waals surface area (Å²) < 4.78 is 79.7. The molecule has 1 N–H and O–H groups in total. The first-order valence-electron chi connectivity index (χ1n) is 9.14. The molecule has 0 aliphatic carbocycles. The summed E-state index contributed by atoms with van der Waals surface area (Å²) in [5.41, 5.74) is -1.32. The third-order valence-corrected chi connectivity index (χ3v) is 4.82. The summed E-state index contributed by atoms with van der Waals surface area (Å²) in [7, 11) is 0. The van der Waals surface area contributed by atoms with Gasteiger partial charge in [-0.05, 0) is 31.0 Å². The molecular weight excluding hydrogens is 470 g/mol. The lowest BCUT2D eigenvalue weighted by Gasteiger charge is -2.29. The van der Waals surface area contributed by atoms with Gasteiger partial charge in [0, 0.05) is 25.4 Å². The van der Waals surface area contributed by atoms with Crippen molar-refractivity contribution in [1.29, 1.82) is 0 Å². The quantitative estimate of drug-likeness (QED) is 0.371. The van der Waals surface area contributed by atoms with E-state index in [0.717, 1.165) is 18.3 Å². The number of hydrogen-bond acceptors (Lipinski definition) is 5. The monoisotopic (exact) mass is 486 g/mol. The Hall–Kier alpha value is -2.76. The van der Waals surface area contributed by atoms with Crippen LogP contribution in [0.15, 0.2) is 30.5 Å². The third kappa shape index (κ3) is 7.43. The highest BCUT2D eigenvalue weighted by Crippen LogP contribution is 2.33. The molecule has 0 atom stereocenters. The number of ketones is 1. The Bertz CT molecular complexity index is 893. The first-order chi connectivity index (χ1) is 14.8. The van der Waals surface area contributed by atoms with E-state index in [1.165, 1.54) is 4.90 Å². The number of benzene rings is 1. The van der Waals surface area contributed by atoms with E-state index in [1.54, 1.807) is 0 Å². The molecule has 6 nitrogen and oxygen atoms in total. The van der Waals surface area contributed by atoms with E-state index in [9.17, 15) is 40.7 Å². The topological polar surface area (TPSA) is 75.7 Å². The average Bonchev–Trinajstić information content (AvgIpc) is 2.70. The van der Waals surface area contributed by atoms with E-state index in [2.05, 4.69) is 5.32 Å². The number of alkyl halides is 6. The molecule has 1 heterocycles. The maximum absolute atomic E-state index is 12.8. The van der Waals surface area contributed by atoms with Crippen LogP contribution in [0.1, 0.15) is 18.4 Å². The van der Waals surface area contributed by atoms with Crippen molar-refractivity contribution in [1.82, 2.24) is 4.90 Å². The summed E-state index contributed by atoms with van der Waals surface area (Å²) >= 11 is 5.78. The summed E-state index contributed by atoms with van der Waals surface area (Å²) in [6.07, 6.45) is -7.77. The average molecular weight is 487 g/mol. The highest BCUT2D eigenvalue weighted by molar-refractivity contribution is 6.33. The number of ether oxygens (including phenoxy) is 1. The Labute approximate surface area is 183 Å². The van der Waals surface area contributed by atoms with Crippen molar-refractivity contribution in [3.05, 3.63) is 41.1 Å². The number of anilines is 1. The van der Waals surface area contributed by atoms with Crippen molar-refractivity contribution in [2.75, 3.05) is 25.0 Å². The number of rotatable bonds is 6. The van der Waals surface area contributed by atoms with Gasteiger partial charge in [0.2, 0.25) is 0 Å². The molecule has 1 fully saturated rings. The first kappa shape index (κ1) is 25.5. The molecule has 0 bridgehead atoms. The second kappa shape index (κ2) is 10.2. The van der Waals surface area contributed by atoms with Crippen LogP contribution in [-0.4, -0.2) is 48.4 Å². The summed E-state index contributed by atoms with van der Waals surface area (Å²) in [5.74, 6) is -4.25. The fourth-order valence-electron chi connectivity index (χ4n) is 2.79. The van der Waals surface area contributed by atoms with Gasteiger partial charge in [0.05, 0.1) is 22.2 Å². The van der Waals surface area contributed by atoms with Gasteiger partial charge in [-0.15, -0.1) is 0 Å². The maximum Gasteiger partial charge on any atom is 0.454 e. The molecule has 0 unspecified atom stereocenters. The SMILES string of the molecule is O=C(COC(=O)C1CCN(/C=C/C(=O)C(F)(F)F)CC1)Nc1cc(C(F)(F)F)ccc1Cl. The van der Waals surface area contributed by atoms with Gasteiger partial charge in [0.25, 0.3) is 11.7 Å². The molecule has 32 heavy (non-hydrogen) atoms. The van der Waals surface area contributed by atoms with Gasteiger partial charge >= 0.3 is 18.3 Å². The van der Waals surface area contributed by atoms with Crippen LogP contribution < -0.4 is 5.32 Å². The summed E-state index contributed by atoms with van der Waals surface area (Å²) in [6.45, 7) is -0.382. The molecule has 176 valence electrons. The zero-order chi connectivity index (χ0) is 24.1. The molecular formula is C19H17ClF6N2O4. The van der Waals surface area contributed by atoms with Crippen LogP contribution in [0.2, 0.25) is 5.02 Å². The van der Waals surface area contributed by atoms with Crippen molar-refractivity contribution in [3.8, 4) is 0 Å². The Morgan fingerprint density at radius 2 is 1.75 bits per heavy atom. The molecule has 1 amide bonds. The number of allylic oxidation sites excluding steroid dienone is 1. The van der Waals surface area contributed by atoms with Crippen molar-refractivity contribution in [2.24, 2.45) is 5.92 Å². The van der Waals surface area contributed by atoms with Gasteiger partial charge in [-0.3, -0.25) is 14.4 Å². The lowest BCUT2D eigenvalue weighted by Crippen LogP contribution is -2.35. The smallest absolute Gasteiger partial charge is 0.454 e. The summed E-state index contributed by atoms with van der Waals surface area (Å²) in [4.78, 5) is 36.3. The lowest BCUT2D eigenvalue weighted by atomic mass is 9.97. The molecule has 1 aromatic carbocycles. The highest BCUT2D eigenvalue weighted by Gasteiger charge is 2.36. The number of halogens is 7. The van der Waals surface area contributed by atoms with Crippen molar-refractivity contribution < 1.29 is 45.5 Å². The number of nitrogens with one attached hydrogen (secondary N) is 1. The third-order valence-electron chi connectivity index (χ3n) is 4.49. The minimum absolute atomic E-state index is 0.137. The van der Waals surface area contributed by atoms with Gasteiger partial charge in [-0.1, -0.05) is 11.6 Å². The second-order valence-corrected chi connectivity index (χ2v) is 7.24. The number of likely N-dealkylation sites (tertiary alicyclic amines) is 1. The standard InChI is InChI=1S/C19H17ClF6N2O4/c20-13-2-1-12(18(21,22)23)9-14(13)27-16(30)10-32-17(31)11-3-6-28(7-4-11)8-5-15(29)19(24,25)26/h1-2,5,8-9,11H,3-4,6-7,10H2,(H,27,30)/b8-5+. The maximum atomic E-state index is 12.8. The number of amides is 1. The molecule has 0 spiro atoms. The van der Waals surface area contributed by atoms with Crippen LogP contribution in [0.4, 0.5) is 32.0 Å². The molecule has 0 radical (unpaired) electrons. The number of piperidine rings is 1. The number of esters is 1. The van der Waals surface area contributed by atoms with E-state index < -0.39 is 48.1 Å². The zero-order valence-electron chi connectivity index (χ0n) is 16.2. The normalized spacial score (nSPS) is 15.7. The Balaban J connectivity index is 1.81. The number of carbonyl (C=O) groups excluding carboxylic acids is 3. The molecule has 13 heteroatoms. The Morgan fingerprint density at radius 3 is 2.31 bits per heavy atom. The molecule has 0 aromatic heterocycles. The molecule has 1 aromatic rings. The van der Waals surface area contributed by atoms with Gasteiger partial charge in [0.15, 0.2) is 6.61 Å². The number of nitrogens with zero attached hydrogens (tertiary/aromatic N) is 1. The minimum Gasteiger partial charge on any atom is -0.455 e. The number of hydrogen-bond donors (Lipinski definition) is 1. The van der Waals surface area contributed by atoms with Crippen LogP contribution >= 0.6 is 11.6 Å². The van der Waals surface area contributed by atoms with Gasteiger partial charge in [-0.2, -0.15) is 26.3 Å². The van der Waals surface area contributed by atoms with E-state index in [1.807, 2.05) is 0 Å². The van der Waals surface area contributed by atoms with Crippen LogP contribution in [0, 0.1) is 5.92 Å². The second-order valence-electron chi connectivity index (χ2n) is 6.84. The van der Waals surface area contributed by atoms with Crippen LogP contribution in [0.3, 0.4) is 0 Å². The fraction of sp³-hybridized carbons (Fsp3) is 0.421. The summed E-state index contributed by atoms with van der Waals surface area (Å²) in [5, 5.41) is 2.00. The molecule has 1 aliphatic heterocycles. The van der Waals surface area contributed by atoms with Gasteiger partial charge in [0.1, 0.15) is 0 Å². The van der Waals surface area contributed by atoms with Crippen LogP contribution in [-0.2, 0) is 25.3 Å². The predicted octanol–water partition coefficient (Wildman–Crippen LogP) is 4.20. The van der Waals surface area contributed by atoms with E-state index in [0.29, 0.717) is 12.1 Å².